The van der Waals surface area contributed by atoms with E-state index in [1.54, 1.807) is 32.0 Å². The maximum Gasteiger partial charge on any atom is 0.255 e. The average Bonchev–Trinajstić information content (AvgIpc) is 3.66. The number of nitrogens with zero attached hydrogens (tertiary/aromatic N) is 2. The number of carbonyl (C=O) groups excluding carboxylic acids is 2. The number of amides is 2. The van der Waals surface area contributed by atoms with Gasteiger partial charge in [0, 0.05) is 35.2 Å². The Morgan fingerprint density at radius 2 is 1.74 bits per heavy atom. The third kappa shape index (κ3) is 5.35. The molecular formula is C32H31FN4O5. The zero-order valence-electron chi connectivity index (χ0n) is 24.0. The van der Waals surface area contributed by atoms with Crippen LogP contribution in [0.15, 0.2) is 69.9 Å². The summed E-state index contributed by atoms with van der Waals surface area (Å²) in [6.07, 6.45) is 1.85. The summed E-state index contributed by atoms with van der Waals surface area (Å²) in [5, 5.41) is 10.1. The molecule has 0 radical (unpaired) electrons. The zero-order valence-corrected chi connectivity index (χ0v) is 24.0. The van der Waals surface area contributed by atoms with Crippen molar-refractivity contribution in [3.05, 3.63) is 89.3 Å². The van der Waals surface area contributed by atoms with Gasteiger partial charge in [0.1, 0.15) is 22.9 Å². The first-order valence-electron chi connectivity index (χ1n) is 13.6. The number of fused-ring (bicyclic) bond motifs is 1. The lowest BCUT2D eigenvalue weighted by Gasteiger charge is -2.23. The van der Waals surface area contributed by atoms with Gasteiger partial charge in [0.15, 0.2) is 5.82 Å². The number of rotatable bonds is 9. The minimum Gasteiger partial charge on any atom is -0.493 e. The number of hydrogen-bond acceptors (Lipinski definition) is 7. The third-order valence-electron chi connectivity index (χ3n) is 7.04. The highest BCUT2D eigenvalue weighted by Crippen LogP contribution is 2.41. The fraction of sp³-hybridized carbons (Fsp3) is 0.250. The topological polar surface area (TPSA) is 119 Å². The van der Waals surface area contributed by atoms with Crippen LogP contribution in [-0.4, -0.2) is 35.6 Å². The molecule has 2 N–H and O–H groups in total. The van der Waals surface area contributed by atoms with Gasteiger partial charge in [-0.25, -0.2) is 4.39 Å². The summed E-state index contributed by atoms with van der Waals surface area (Å²) in [5.41, 5.74) is 3.16. The molecule has 2 aromatic heterocycles. The summed E-state index contributed by atoms with van der Waals surface area (Å²) in [5.74, 6) is 0.148. The number of halogens is 1. The molecule has 0 fully saturated rings. The van der Waals surface area contributed by atoms with E-state index >= 15 is 0 Å². The molecule has 2 heterocycles. The van der Waals surface area contributed by atoms with Crippen LogP contribution in [-0.2, 0) is 12.0 Å². The highest BCUT2D eigenvalue weighted by Gasteiger charge is 2.29. The van der Waals surface area contributed by atoms with Crippen LogP contribution in [0.3, 0.4) is 0 Å². The fourth-order valence-corrected chi connectivity index (χ4v) is 4.90. The number of ether oxygens (including phenoxy) is 1. The maximum atomic E-state index is 13.7. The zero-order chi connectivity index (χ0) is 30.0. The van der Waals surface area contributed by atoms with Crippen LogP contribution >= 0.6 is 0 Å². The van der Waals surface area contributed by atoms with Crippen LogP contribution in [0.4, 0.5) is 4.39 Å². The van der Waals surface area contributed by atoms with E-state index in [-0.39, 0.29) is 11.8 Å². The number of aryl methyl sites for hydroxylation is 1. The lowest BCUT2D eigenvalue weighted by atomic mass is 9.94. The largest absolute Gasteiger partial charge is 0.493 e. The number of nitrogens with one attached hydrogen (secondary N) is 2. The Morgan fingerprint density at radius 1 is 1.00 bits per heavy atom. The number of aromatic nitrogens is 2. The Bertz CT molecular complexity index is 1760. The summed E-state index contributed by atoms with van der Waals surface area (Å²) in [4.78, 5) is 30.8. The summed E-state index contributed by atoms with van der Waals surface area (Å²) in [6, 6.07) is 15.0. The van der Waals surface area contributed by atoms with Crippen molar-refractivity contribution in [3.63, 3.8) is 0 Å². The van der Waals surface area contributed by atoms with Crippen LogP contribution in [0.25, 0.3) is 33.4 Å². The summed E-state index contributed by atoms with van der Waals surface area (Å²) >= 11 is 0. The van der Waals surface area contributed by atoms with Crippen molar-refractivity contribution in [1.82, 2.24) is 20.8 Å². The predicted octanol–water partition coefficient (Wildman–Crippen LogP) is 6.27. The SMILES string of the molecule is CCOc1cc2oc(-c3ccc(F)cc3)c(C(=O)NC)c2cc1-c1ccc(CC)c(C(=O)NC(C)(C)c2ncon2)c1. The van der Waals surface area contributed by atoms with Crippen LogP contribution in [0.1, 0.15) is 59.8 Å². The van der Waals surface area contributed by atoms with Crippen LogP contribution < -0.4 is 15.4 Å². The number of carbonyl (C=O) groups is 2. The van der Waals surface area contributed by atoms with Crippen LogP contribution in [0.2, 0.25) is 0 Å². The Labute approximate surface area is 242 Å². The first-order valence-corrected chi connectivity index (χ1v) is 13.6. The quantitative estimate of drug-likeness (QED) is 0.214. The van der Waals surface area contributed by atoms with Crippen molar-refractivity contribution in [2.75, 3.05) is 13.7 Å². The van der Waals surface area contributed by atoms with Crippen molar-refractivity contribution in [3.8, 4) is 28.2 Å². The Kier molecular flexibility index (Phi) is 7.80. The lowest BCUT2D eigenvalue weighted by Crippen LogP contribution is -2.42. The molecule has 0 aliphatic heterocycles. The standard InChI is InChI=1S/C32H31FN4O5/c1-6-18-8-9-20(14-23(18)29(38)36-32(3,4)31-35-17-41-37-31)22-15-24-26(16-25(22)40-7-2)42-28(27(24)30(39)34-5)19-10-12-21(33)13-11-19/h8-17H,6-7H2,1-5H3,(H,34,39)(H,36,38). The molecule has 0 saturated heterocycles. The van der Waals surface area contributed by atoms with E-state index in [0.29, 0.717) is 69.1 Å². The maximum absolute atomic E-state index is 13.7. The van der Waals surface area contributed by atoms with E-state index in [9.17, 15) is 14.0 Å². The molecule has 0 aliphatic carbocycles. The van der Waals surface area contributed by atoms with Crippen molar-refractivity contribution in [1.29, 1.82) is 0 Å². The Balaban J connectivity index is 1.66. The molecule has 0 bridgehead atoms. The molecule has 5 rings (SSSR count). The van der Waals surface area contributed by atoms with E-state index < -0.39 is 11.4 Å². The normalized spacial score (nSPS) is 11.5. The molecule has 0 spiro atoms. The second-order valence-electron chi connectivity index (χ2n) is 10.2. The second-order valence-corrected chi connectivity index (χ2v) is 10.2. The number of benzene rings is 3. The van der Waals surface area contributed by atoms with Gasteiger partial charge in [-0.15, -0.1) is 0 Å². The van der Waals surface area contributed by atoms with E-state index in [0.717, 1.165) is 5.56 Å². The first kappa shape index (κ1) is 28.5. The van der Waals surface area contributed by atoms with Gasteiger partial charge in [0.05, 0.1) is 17.7 Å². The summed E-state index contributed by atoms with van der Waals surface area (Å²) in [7, 11) is 1.54. The fourth-order valence-electron chi connectivity index (χ4n) is 4.90. The Morgan fingerprint density at radius 3 is 2.38 bits per heavy atom. The highest BCUT2D eigenvalue weighted by atomic mass is 19.1. The molecule has 0 unspecified atom stereocenters. The van der Waals surface area contributed by atoms with Gasteiger partial charge in [0.25, 0.3) is 11.8 Å². The molecular weight excluding hydrogens is 539 g/mol. The molecule has 0 atom stereocenters. The predicted molar refractivity (Wildman–Crippen MR) is 156 cm³/mol. The van der Waals surface area contributed by atoms with Crippen LogP contribution in [0, 0.1) is 5.82 Å². The third-order valence-corrected chi connectivity index (χ3v) is 7.04. The average molecular weight is 571 g/mol. The van der Waals surface area contributed by atoms with Gasteiger partial charge in [-0.05, 0) is 74.7 Å². The number of furan rings is 1. The molecule has 0 aliphatic rings. The van der Waals surface area contributed by atoms with Gasteiger partial charge >= 0.3 is 0 Å². The van der Waals surface area contributed by atoms with Gasteiger partial charge in [-0.2, -0.15) is 4.98 Å². The van der Waals surface area contributed by atoms with Gasteiger partial charge in [0.2, 0.25) is 6.39 Å². The first-order chi connectivity index (χ1) is 20.2. The summed E-state index contributed by atoms with van der Waals surface area (Å²) in [6.45, 7) is 7.82. The molecule has 9 nitrogen and oxygen atoms in total. The molecule has 216 valence electrons. The molecule has 0 saturated carbocycles. The van der Waals surface area contributed by atoms with E-state index in [4.69, 9.17) is 13.7 Å². The summed E-state index contributed by atoms with van der Waals surface area (Å²) < 4.78 is 30.7. The second kappa shape index (κ2) is 11.5. The van der Waals surface area contributed by atoms with Crippen molar-refractivity contribution < 1.29 is 27.7 Å². The molecule has 10 heteroatoms. The van der Waals surface area contributed by atoms with E-state index in [1.165, 1.54) is 25.6 Å². The van der Waals surface area contributed by atoms with Crippen LogP contribution in [0.5, 0.6) is 5.75 Å². The number of hydrogen-bond donors (Lipinski definition) is 2. The monoisotopic (exact) mass is 570 g/mol. The van der Waals surface area contributed by atoms with Gasteiger partial charge < -0.3 is 24.3 Å². The molecule has 42 heavy (non-hydrogen) atoms. The van der Waals surface area contributed by atoms with Crippen molar-refractivity contribution in [2.45, 2.75) is 39.7 Å². The molecule has 5 aromatic rings. The Hall–Kier alpha value is -4.99. The lowest BCUT2D eigenvalue weighted by molar-refractivity contribution is 0.0905. The minimum atomic E-state index is -0.879. The smallest absolute Gasteiger partial charge is 0.255 e. The van der Waals surface area contributed by atoms with Crippen molar-refractivity contribution >= 4 is 22.8 Å². The van der Waals surface area contributed by atoms with Gasteiger partial charge in [-0.3, -0.25) is 9.59 Å². The van der Waals surface area contributed by atoms with E-state index in [2.05, 4.69) is 20.8 Å². The van der Waals surface area contributed by atoms with E-state index in [1.807, 2.05) is 38.1 Å². The van der Waals surface area contributed by atoms with Gasteiger partial charge in [-0.1, -0.05) is 24.2 Å². The molecule has 2 amide bonds. The highest BCUT2D eigenvalue weighted by molar-refractivity contribution is 6.12. The molecule has 3 aromatic carbocycles. The van der Waals surface area contributed by atoms with Crippen molar-refractivity contribution in [2.24, 2.45) is 0 Å². The minimum absolute atomic E-state index is 0.296.